The third-order valence-corrected chi connectivity index (χ3v) is 14.4. The Morgan fingerprint density at radius 3 is 0.778 bits per heavy atom. The molecule has 0 aliphatic carbocycles. The molecule has 72 heavy (non-hydrogen) atoms. The molecule has 0 radical (unpaired) electrons. The van der Waals surface area contributed by atoms with E-state index in [0.717, 1.165) is 70.6 Å². The zero-order valence-corrected chi connectivity index (χ0v) is 48.5. The largest absolute Gasteiger partial charge is 0.462 e. The first kappa shape index (κ1) is 69.6. The van der Waals surface area contributed by atoms with Crippen molar-refractivity contribution in [2.75, 3.05) is 13.2 Å². The highest BCUT2D eigenvalue weighted by molar-refractivity contribution is 5.71. The predicted molar refractivity (Wildman–Crippen MR) is 312 cm³/mol. The van der Waals surface area contributed by atoms with Crippen molar-refractivity contribution >= 4 is 17.9 Å². The fourth-order valence-corrected chi connectivity index (χ4v) is 9.53. The first-order valence-corrected chi connectivity index (χ1v) is 32.0. The molecule has 0 spiro atoms. The summed E-state index contributed by atoms with van der Waals surface area (Å²) in [4.78, 5) is 38.1. The SMILES string of the molecule is CCCCCCC/C=C\C/C=C\CCCCCCCCCCCCCCCCCCCC(=O)OCC(COC(=O)CCCCCCCCCCC)OC(=O)CCCCCCC/C=C\CCCCCCCCC. The smallest absolute Gasteiger partial charge is 0.306 e. The van der Waals surface area contributed by atoms with Gasteiger partial charge in [0.2, 0.25) is 0 Å². The molecule has 0 amide bonds. The van der Waals surface area contributed by atoms with E-state index in [1.807, 2.05) is 0 Å². The molecule has 0 aromatic heterocycles. The topological polar surface area (TPSA) is 78.9 Å². The fourth-order valence-electron chi connectivity index (χ4n) is 9.53. The van der Waals surface area contributed by atoms with E-state index in [1.54, 1.807) is 0 Å². The minimum atomic E-state index is -0.772. The molecule has 0 aliphatic heterocycles. The van der Waals surface area contributed by atoms with Gasteiger partial charge in [0, 0.05) is 19.3 Å². The molecule has 0 aromatic carbocycles. The van der Waals surface area contributed by atoms with Crippen LogP contribution >= 0.6 is 0 Å². The Kier molecular flexibility index (Phi) is 59.2. The number of carbonyl (C=O) groups is 3. The maximum Gasteiger partial charge on any atom is 0.306 e. The molecule has 0 heterocycles. The molecule has 0 rings (SSSR count). The molecule has 0 fully saturated rings. The molecule has 0 bridgehead atoms. The van der Waals surface area contributed by atoms with Crippen molar-refractivity contribution in [2.24, 2.45) is 0 Å². The van der Waals surface area contributed by atoms with Crippen molar-refractivity contribution in [3.63, 3.8) is 0 Å². The number of rotatable bonds is 59. The van der Waals surface area contributed by atoms with Crippen molar-refractivity contribution in [1.82, 2.24) is 0 Å². The molecule has 0 saturated carbocycles. The monoisotopic (exact) mass is 1010 g/mol. The van der Waals surface area contributed by atoms with Crippen LogP contribution in [0.3, 0.4) is 0 Å². The molecule has 0 saturated heterocycles. The normalized spacial score (nSPS) is 12.2. The van der Waals surface area contributed by atoms with Crippen LogP contribution in [0.1, 0.15) is 348 Å². The lowest BCUT2D eigenvalue weighted by Gasteiger charge is -2.18. The number of allylic oxidation sites excluding steroid dienone is 6. The second kappa shape index (κ2) is 61.2. The van der Waals surface area contributed by atoms with Gasteiger partial charge in [0.25, 0.3) is 0 Å². The summed E-state index contributed by atoms with van der Waals surface area (Å²) < 4.78 is 16.9. The van der Waals surface area contributed by atoms with E-state index in [2.05, 4.69) is 57.2 Å². The molecule has 422 valence electrons. The number of hydrogen-bond acceptors (Lipinski definition) is 6. The molecule has 0 aliphatic rings. The minimum absolute atomic E-state index is 0.0708. The van der Waals surface area contributed by atoms with Crippen molar-refractivity contribution in [3.8, 4) is 0 Å². The fraction of sp³-hybridized carbons (Fsp3) is 0.864. The van der Waals surface area contributed by atoms with Crippen LogP contribution in [0.15, 0.2) is 36.5 Å². The van der Waals surface area contributed by atoms with Crippen LogP contribution in [0.25, 0.3) is 0 Å². The van der Waals surface area contributed by atoms with Crippen molar-refractivity contribution in [3.05, 3.63) is 36.5 Å². The molecule has 1 unspecified atom stereocenters. The molecule has 6 heteroatoms. The summed E-state index contributed by atoms with van der Waals surface area (Å²) in [6, 6.07) is 0. The van der Waals surface area contributed by atoms with Crippen molar-refractivity contribution < 1.29 is 28.6 Å². The molecule has 0 N–H and O–H groups in total. The van der Waals surface area contributed by atoms with Gasteiger partial charge < -0.3 is 14.2 Å². The Morgan fingerprint density at radius 1 is 0.278 bits per heavy atom. The van der Waals surface area contributed by atoms with Crippen LogP contribution in [0.2, 0.25) is 0 Å². The average molecular weight is 1010 g/mol. The van der Waals surface area contributed by atoms with Crippen molar-refractivity contribution in [1.29, 1.82) is 0 Å². The lowest BCUT2D eigenvalue weighted by atomic mass is 10.0. The highest BCUT2D eigenvalue weighted by Crippen LogP contribution is 2.17. The summed E-state index contributed by atoms with van der Waals surface area (Å²) in [5.41, 5.74) is 0. The highest BCUT2D eigenvalue weighted by atomic mass is 16.6. The average Bonchev–Trinajstić information content (AvgIpc) is 3.38. The number of esters is 3. The van der Waals surface area contributed by atoms with Crippen LogP contribution in [0, 0.1) is 0 Å². The molecular weight excluding hydrogens is 889 g/mol. The van der Waals surface area contributed by atoms with Gasteiger partial charge in [0.15, 0.2) is 6.10 Å². The van der Waals surface area contributed by atoms with Gasteiger partial charge in [-0.15, -0.1) is 0 Å². The Labute approximate surface area is 448 Å². The van der Waals surface area contributed by atoms with Crippen LogP contribution in [0.4, 0.5) is 0 Å². The number of unbranched alkanes of at least 4 members (excludes halogenated alkanes) is 42. The van der Waals surface area contributed by atoms with Gasteiger partial charge in [-0.2, -0.15) is 0 Å². The lowest BCUT2D eigenvalue weighted by Crippen LogP contribution is -2.30. The van der Waals surface area contributed by atoms with E-state index in [9.17, 15) is 14.4 Å². The summed E-state index contributed by atoms with van der Waals surface area (Å²) in [5, 5.41) is 0. The first-order chi connectivity index (χ1) is 35.5. The third kappa shape index (κ3) is 58.5. The minimum Gasteiger partial charge on any atom is -0.462 e. The lowest BCUT2D eigenvalue weighted by molar-refractivity contribution is -0.167. The maximum absolute atomic E-state index is 12.8. The summed E-state index contributed by atoms with van der Waals surface area (Å²) in [7, 11) is 0. The molecule has 6 nitrogen and oxygen atoms in total. The van der Waals surface area contributed by atoms with E-state index in [4.69, 9.17) is 14.2 Å². The summed E-state index contributed by atoms with van der Waals surface area (Å²) in [5.74, 6) is -0.862. The molecular formula is C66H122O6. The van der Waals surface area contributed by atoms with Crippen LogP contribution in [0.5, 0.6) is 0 Å². The standard InChI is InChI=1S/C66H122O6/c1-4-7-10-13-16-19-21-23-25-27-28-29-30-31-32-33-34-35-36-37-38-39-41-42-44-47-50-53-56-59-65(68)71-62-63(61-70-64(67)58-55-52-49-46-18-15-12-9-6-3)72-66(69)60-57-54-51-48-45-43-40-26-24-22-20-17-14-11-8-5-2/h21,23,26-28,40,63H,4-20,22,24-25,29-39,41-62H2,1-3H3/b23-21-,28-27-,40-26-. The van der Waals surface area contributed by atoms with Gasteiger partial charge in [-0.1, -0.05) is 288 Å². The number of hydrogen-bond donors (Lipinski definition) is 0. The number of ether oxygens (including phenoxy) is 3. The third-order valence-electron chi connectivity index (χ3n) is 14.4. The first-order valence-electron chi connectivity index (χ1n) is 32.0. The summed E-state index contributed by atoms with van der Waals surface area (Å²) >= 11 is 0. The Balaban J connectivity index is 4.10. The Bertz CT molecular complexity index is 1210. The van der Waals surface area contributed by atoms with E-state index >= 15 is 0 Å². The van der Waals surface area contributed by atoms with E-state index in [1.165, 1.54) is 238 Å². The summed E-state index contributed by atoms with van der Waals surface area (Å²) in [6.07, 6.45) is 74.6. The molecule has 0 aromatic rings. The van der Waals surface area contributed by atoms with Crippen molar-refractivity contribution in [2.45, 2.75) is 354 Å². The van der Waals surface area contributed by atoms with Gasteiger partial charge in [0.1, 0.15) is 13.2 Å². The summed E-state index contributed by atoms with van der Waals surface area (Å²) in [6.45, 7) is 6.65. The zero-order chi connectivity index (χ0) is 52.2. The van der Waals surface area contributed by atoms with Gasteiger partial charge in [0.05, 0.1) is 0 Å². The molecule has 1 atom stereocenters. The highest BCUT2D eigenvalue weighted by Gasteiger charge is 2.19. The zero-order valence-electron chi connectivity index (χ0n) is 48.5. The van der Waals surface area contributed by atoms with Crippen LogP contribution < -0.4 is 0 Å². The quantitative estimate of drug-likeness (QED) is 0.0261. The van der Waals surface area contributed by atoms with E-state index < -0.39 is 6.10 Å². The maximum atomic E-state index is 12.8. The number of carbonyl (C=O) groups excluding carboxylic acids is 3. The van der Waals surface area contributed by atoms with Crippen LogP contribution in [-0.2, 0) is 28.6 Å². The Morgan fingerprint density at radius 2 is 0.500 bits per heavy atom. The van der Waals surface area contributed by atoms with Gasteiger partial charge in [-0.05, 0) is 77.0 Å². The Hall–Kier alpha value is -2.37. The second-order valence-corrected chi connectivity index (χ2v) is 21.7. The van der Waals surface area contributed by atoms with Gasteiger partial charge in [-0.25, -0.2) is 0 Å². The van der Waals surface area contributed by atoms with E-state index in [0.29, 0.717) is 19.3 Å². The second-order valence-electron chi connectivity index (χ2n) is 21.7. The van der Waals surface area contributed by atoms with Gasteiger partial charge in [-0.3, -0.25) is 14.4 Å². The van der Waals surface area contributed by atoms with Crippen LogP contribution in [-0.4, -0.2) is 37.2 Å². The van der Waals surface area contributed by atoms with Gasteiger partial charge >= 0.3 is 17.9 Å². The predicted octanol–water partition coefficient (Wildman–Crippen LogP) is 21.6. The van der Waals surface area contributed by atoms with E-state index in [-0.39, 0.29) is 31.1 Å².